The number of anilines is 1. The monoisotopic (exact) mass is 490 g/mol. The molecule has 1 amide bonds. The smallest absolute Gasteiger partial charge is 0.345 e. The molecular weight excluding hydrogens is 471 g/mol. The summed E-state index contributed by atoms with van der Waals surface area (Å²) < 4.78 is 15.2. The predicted octanol–water partition coefficient (Wildman–Crippen LogP) is 5.35. The van der Waals surface area contributed by atoms with Crippen LogP contribution in [-0.2, 0) is 9.53 Å². The van der Waals surface area contributed by atoms with Gasteiger partial charge >= 0.3 is 5.97 Å². The van der Waals surface area contributed by atoms with Crippen molar-refractivity contribution in [1.82, 2.24) is 5.16 Å². The van der Waals surface area contributed by atoms with E-state index in [9.17, 15) is 14.4 Å². The standard InChI is InChI=1S/C23H20Cl2N2O6/c1-12-7-9-17(31-2)13(11-12)16(28)8-10-18(29)26-22-20(23(30)32-3)21(27-33-22)19-14(24)5-4-6-15(19)25/h4-7,9,11H,8,10H2,1-3H3,(H,26,29). The fourth-order valence-corrected chi connectivity index (χ4v) is 3.73. The predicted molar refractivity (Wildman–Crippen MR) is 123 cm³/mol. The van der Waals surface area contributed by atoms with Crippen LogP contribution in [-0.4, -0.2) is 37.0 Å². The molecule has 0 saturated carbocycles. The number of ketones is 1. The SMILES string of the molecule is COC(=O)c1c(-c2c(Cl)cccc2Cl)noc1NC(=O)CCC(=O)c1cc(C)ccc1OC. The number of esters is 1. The lowest BCUT2D eigenvalue weighted by atomic mass is 10.0. The quantitative estimate of drug-likeness (QED) is 0.334. The van der Waals surface area contributed by atoms with Gasteiger partial charge in [-0.3, -0.25) is 14.9 Å². The van der Waals surface area contributed by atoms with Gasteiger partial charge < -0.3 is 14.0 Å². The molecule has 3 rings (SSSR count). The number of aromatic nitrogens is 1. The van der Waals surface area contributed by atoms with Crippen LogP contribution in [0, 0.1) is 6.92 Å². The molecule has 2 aromatic carbocycles. The molecule has 10 heteroatoms. The van der Waals surface area contributed by atoms with E-state index in [0.29, 0.717) is 11.3 Å². The first-order chi connectivity index (χ1) is 15.8. The van der Waals surface area contributed by atoms with Gasteiger partial charge in [-0.2, -0.15) is 0 Å². The Balaban J connectivity index is 1.80. The van der Waals surface area contributed by atoms with Crippen LogP contribution in [0.5, 0.6) is 5.75 Å². The summed E-state index contributed by atoms with van der Waals surface area (Å²) >= 11 is 12.4. The molecule has 3 aromatic rings. The van der Waals surface area contributed by atoms with Crippen LogP contribution in [0.2, 0.25) is 10.0 Å². The molecule has 0 spiro atoms. The zero-order chi connectivity index (χ0) is 24.1. The molecule has 1 aromatic heterocycles. The zero-order valence-corrected chi connectivity index (χ0v) is 19.5. The number of methoxy groups -OCH3 is 2. The Hall–Kier alpha value is -3.36. The van der Waals surface area contributed by atoms with Crippen molar-refractivity contribution in [3.63, 3.8) is 0 Å². The number of nitrogens with zero attached hydrogens (tertiary/aromatic N) is 1. The van der Waals surface area contributed by atoms with E-state index in [-0.39, 0.29) is 51.4 Å². The Bertz CT molecular complexity index is 1200. The maximum Gasteiger partial charge on any atom is 0.345 e. The van der Waals surface area contributed by atoms with E-state index >= 15 is 0 Å². The van der Waals surface area contributed by atoms with Gasteiger partial charge in [-0.1, -0.05) is 46.1 Å². The van der Waals surface area contributed by atoms with E-state index < -0.39 is 11.9 Å². The summed E-state index contributed by atoms with van der Waals surface area (Å²) in [6.45, 7) is 1.85. The minimum absolute atomic E-state index is 0.0216. The van der Waals surface area contributed by atoms with Gasteiger partial charge in [-0.15, -0.1) is 0 Å². The van der Waals surface area contributed by atoms with Gasteiger partial charge in [0.15, 0.2) is 11.3 Å². The van der Waals surface area contributed by atoms with Crippen LogP contribution >= 0.6 is 23.2 Å². The van der Waals surface area contributed by atoms with E-state index in [1.165, 1.54) is 14.2 Å². The molecular formula is C23H20Cl2N2O6. The number of hydrogen-bond acceptors (Lipinski definition) is 7. The second kappa shape index (κ2) is 10.5. The van der Waals surface area contributed by atoms with Crippen LogP contribution in [0.1, 0.15) is 39.1 Å². The minimum Gasteiger partial charge on any atom is -0.496 e. The average Bonchev–Trinajstić information content (AvgIpc) is 3.19. The number of ether oxygens (including phenoxy) is 2. The van der Waals surface area contributed by atoms with Crippen LogP contribution in [0.25, 0.3) is 11.3 Å². The van der Waals surface area contributed by atoms with Gasteiger partial charge in [0.1, 0.15) is 11.4 Å². The minimum atomic E-state index is -0.807. The number of Topliss-reactive ketones (excluding diaryl/α,β-unsaturated/α-hetero) is 1. The Kier molecular flexibility index (Phi) is 7.73. The van der Waals surface area contributed by atoms with Crippen molar-refractivity contribution in [2.45, 2.75) is 19.8 Å². The van der Waals surface area contributed by atoms with E-state index in [1.807, 2.05) is 13.0 Å². The molecule has 33 heavy (non-hydrogen) atoms. The van der Waals surface area contributed by atoms with E-state index in [0.717, 1.165) is 5.56 Å². The zero-order valence-electron chi connectivity index (χ0n) is 18.0. The molecule has 0 bridgehead atoms. The second-order valence-electron chi connectivity index (χ2n) is 7.00. The van der Waals surface area contributed by atoms with Gasteiger partial charge in [0.2, 0.25) is 11.8 Å². The summed E-state index contributed by atoms with van der Waals surface area (Å²) in [5.41, 5.74) is 1.41. The molecule has 8 nitrogen and oxygen atoms in total. The molecule has 0 fully saturated rings. The second-order valence-corrected chi connectivity index (χ2v) is 7.81. The highest BCUT2D eigenvalue weighted by molar-refractivity contribution is 6.39. The molecule has 0 aliphatic carbocycles. The summed E-state index contributed by atoms with van der Waals surface area (Å²) in [5, 5.41) is 6.79. The fourth-order valence-electron chi connectivity index (χ4n) is 3.15. The number of nitrogens with one attached hydrogen (secondary N) is 1. The third-order valence-corrected chi connectivity index (χ3v) is 5.40. The number of rotatable bonds is 8. The number of halogens is 2. The fraction of sp³-hybridized carbons (Fsp3) is 0.217. The van der Waals surface area contributed by atoms with Gasteiger partial charge in [0.25, 0.3) is 0 Å². The molecule has 0 saturated heterocycles. The topological polar surface area (TPSA) is 108 Å². The highest BCUT2D eigenvalue weighted by atomic mass is 35.5. The van der Waals surface area contributed by atoms with Crippen molar-refractivity contribution in [1.29, 1.82) is 0 Å². The van der Waals surface area contributed by atoms with Crippen molar-refractivity contribution in [3.05, 3.63) is 63.1 Å². The summed E-state index contributed by atoms with van der Waals surface area (Å²) in [5.74, 6) is -1.44. The molecule has 0 atom stereocenters. The maximum absolute atomic E-state index is 12.6. The Morgan fingerprint density at radius 2 is 1.76 bits per heavy atom. The Morgan fingerprint density at radius 1 is 1.06 bits per heavy atom. The number of aryl methyl sites for hydroxylation is 1. The molecule has 0 unspecified atom stereocenters. The van der Waals surface area contributed by atoms with Gasteiger partial charge in [-0.25, -0.2) is 4.79 Å². The average molecular weight is 491 g/mol. The first-order valence-electron chi connectivity index (χ1n) is 9.76. The summed E-state index contributed by atoms with van der Waals surface area (Å²) in [6, 6.07) is 9.99. The summed E-state index contributed by atoms with van der Waals surface area (Å²) in [6.07, 6.45) is -0.254. The van der Waals surface area contributed by atoms with Crippen molar-refractivity contribution < 1.29 is 28.4 Å². The number of amides is 1. The third-order valence-electron chi connectivity index (χ3n) is 4.77. The third kappa shape index (κ3) is 5.35. The van der Waals surface area contributed by atoms with E-state index in [2.05, 4.69) is 10.5 Å². The highest BCUT2D eigenvalue weighted by Gasteiger charge is 2.28. The van der Waals surface area contributed by atoms with E-state index in [4.69, 9.17) is 37.2 Å². The molecule has 0 radical (unpaired) electrons. The van der Waals surface area contributed by atoms with Crippen LogP contribution in [0.3, 0.4) is 0 Å². The van der Waals surface area contributed by atoms with Crippen molar-refractivity contribution in [3.8, 4) is 17.0 Å². The lowest BCUT2D eigenvalue weighted by Gasteiger charge is -2.09. The highest BCUT2D eigenvalue weighted by Crippen LogP contribution is 2.38. The van der Waals surface area contributed by atoms with E-state index in [1.54, 1.807) is 30.3 Å². The lowest BCUT2D eigenvalue weighted by molar-refractivity contribution is -0.116. The van der Waals surface area contributed by atoms with Gasteiger partial charge in [0.05, 0.1) is 29.8 Å². The van der Waals surface area contributed by atoms with Crippen LogP contribution < -0.4 is 10.1 Å². The van der Waals surface area contributed by atoms with Gasteiger partial charge in [0, 0.05) is 18.4 Å². The normalized spacial score (nSPS) is 10.6. The number of benzene rings is 2. The number of hydrogen-bond donors (Lipinski definition) is 1. The Morgan fingerprint density at radius 3 is 2.39 bits per heavy atom. The van der Waals surface area contributed by atoms with Crippen LogP contribution in [0.15, 0.2) is 40.9 Å². The van der Waals surface area contributed by atoms with Crippen molar-refractivity contribution in [2.24, 2.45) is 0 Å². The van der Waals surface area contributed by atoms with Crippen molar-refractivity contribution >= 4 is 46.7 Å². The molecule has 0 aliphatic rings. The first kappa shape index (κ1) is 24.3. The van der Waals surface area contributed by atoms with Crippen LogP contribution in [0.4, 0.5) is 5.88 Å². The molecule has 1 N–H and O–H groups in total. The molecule has 0 aliphatic heterocycles. The first-order valence-corrected chi connectivity index (χ1v) is 10.5. The number of carbonyl (C=O) groups is 3. The summed E-state index contributed by atoms with van der Waals surface area (Å²) in [7, 11) is 2.64. The lowest BCUT2D eigenvalue weighted by Crippen LogP contribution is -2.16. The van der Waals surface area contributed by atoms with Gasteiger partial charge in [-0.05, 0) is 31.2 Å². The Labute approximate surface area is 199 Å². The largest absolute Gasteiger partial charge is 0.496 e. The maximum atomic E-state index is 12.6. The molecule has 172 valence electrons. The summed E-state index contributed by atoms with van der Waals surface area (Å²) in [4.78, 5) is 37.6. The molecule has 1 heterocycles. The number of carbonyl (C=O) groups excluding carboxylic acids is 3. The van der Waals surface area contributed by atoms with Crippen molar-refractivity contribution in [2.75, 3.05) is 19.5 Å².